The summed E-state index contributed by atoms with van der Waals surface area (Å²) in [5, 5.41) is 0. The molecule has 1 aliphatic heterocycles. The number of amides is 4. The van der Waals surface area contributed by atoms with Gasteiger partial charge in [-0.25, -0.2) is 19.0 Å². The molecule has 1 fully saturated rings. The first kappa shape index (κ1) is 20.3. The van der Waals surface area contributed by atoms with Crippen LogP contribution in [-0.2, 0) is 16.1 Å². The number of urea groups is 1. The highest BCUT2D eigenvalue weighted by Gasteiger charge is 2.45. The van der Waals surface area contributed by atoms with Crippen LogP contribution in [0, 0.1) is 5.82 Å². The third-order valence-corrected chi connectivity index (χ3v) is 4.44. The Morgan fingerprint density at radius 1 is 0.966 bits per heavy atom. The molecule has 29 heavy (non-hydrogen) atoms. The lowest BCUT2D eigenvalue weighted by atomic mass is 10.2. The van der Waals surface area contributed by atoms with E-state index in [9.17, 15) is 18.8 Å². The quantitative estimate of drug-likeness (QED) is 0.523. The first-order chi connectivity index (χ1) is 13.8. The molecule has 152 valence electrons. The zero-order chi connectivity index (χ0) is 21.1. The fraction of sp³-hybridized carbons (Fsp3) is 0.250. The van der Waals surface area contributed by atoms with Crippen LogP contribution in [0.2, 0.25) is 0 Å². The van der Waals surface area contributed by atoms with Crippen molar-refractivity contribution >= 4 is 23.5 Å². The summed E-state index contributed by atoms with van der Waals surface area (Å²) in [5.41, 5.74) is 0.903. The molecular weight excluding hydrogens is 381 g/mol. The highest BCUT2D eigenvalue weighted by molar-refractivity contribution is 6.52. The molecule has 0 radical (unpaired) electrons. The van der Waals surface area contributed by atoms with Gasteiger partial charge in [-0.3, -0.25) is 14.5 Å². The van der Waals surface area contributed by atoms with E-state index in [2.05, 4.69) is 0 Å². The number of nitrogens with zero attached hydrogens (tertiary/aromatic N) is 3. The molecule has 0 aromatic heterocycles. The van der Waals surface area contributed by atoms with Gasteiger partial charge >= 0.3 is 17.8 Å². The van der Waals surface area contributed by atoms with Crippen LogP contribution in [0.25, 0.3) is 0 Å². The molecule has 0 saturated carbocycles. The van der Waals surface area contributed by atoms with Crippen LogP contribution in [0.3, 0.4) is 0 Å². The highest BCUT2D eigenvalue weighted by atomic mass is 19.1. The lowest BCUT2D eigenvalue weighted by Gasteiger charge is -2.22. The van der Waals surface area contributed by atoms with E-state index in [1.807, 2.05) is 0 Å². The number of benzene rings is 2. The van der Waals surface area contributed by atoms with Crippen molar-refractivity contribution in [3.05, 3.63) is 53.8 Å². The van der Waals surface area contributed by atoms with E-state index >= 15 is 0 Å². The zero-order valence-electron chi connectivity index (χ0n) is 16.2. The number of ether oxygens (including phenoxy) is 2. The Bertz CT molecular complexity index is 948. The molecule has 0 bridgehead atoms. The van der Waals surface area contributed by atoms with Gasteiger partial charge in [0.1, 0.15) is 5.75 Å². The maximum atomic E-state index is 13.9. The molecule has 0 N–H and O–H groups in total. The van der Waals surface area contributed by atoms with Crippen LogP contribution in [0.5, 0.6) is 11.5 Å². The second-order valence-electron chi connectivity index (χ2n) is 6.48. The van der Waals surface area contributed by atoms with Gasteiger partial charge in [-0.2, -0.15) is 0 Å². The number of anilines is 1. The molecule has 0 unspecified atom stereocenters. The first-order valence-corrected chi connectivity index (χ1v) is 8.70. The molecule has 1 heterocycles. The SMILES string of the molecule is COc1ccc(N2C(=O)C(=O)N(CN(C)Cc3ccc(OC)c(F)c3)C2=O)cc1. The number of halogens is 1. The monoisotopic (exact) mass is 401 g/mol. The van der Waals surface area contributed by atoms with E-state index in [0.717, 1.165) is 9.80 Å². The summed E-state index contributed by atoms with van der Waals surface area (Å²) in [6.07, 6.45) is 0. The van der Waals surface area contributed by atoms with Crippen molar-refractivity contribution in [3.8, 4) is 11.5 Å². The third-order valence-electron chi connectivity index (χ3n) is 4.44. The Hall–Kier alpha value is -3.46. The fourth-order valence-electron chi connectivity index (χ4n) is 3.00. The molecule has 0 aliphatic carbocycles. The molecule has 4 amide bonds. The van der Waals surface area contributed by atoms with E-state index in [4.69, 9.17) is 9.47 Å². The summed E-state index contributed by atoms with van der Waals surface area (Å²) in [6.45, 7) is 0.137. The van der Waals surface area contributed by atoms with Crippen molar-refractivity contribution in [2.45, 2.75) is 6.54 Å². The summed E-state index contributed by atoms with van der Waals surface area (Å²) in [4.78, 5) is 40.7. The summed E-state index contributed by atoms with van der Waals surface area (Å²) in [7, 11) is 4.53. The minimum atomic E-state index is -0.927. The number of carbonyl (C=O) groups excluding carboxylic acids is 3. The number of carbonyl (C=O) groups is 3. The largest absolute Gasteiger partial charge is 0.497 e. The smallest absolute Gasteiger partial charge is 0.340 e. The highest BCUT2D eigenvalue weighted by Crippen LogP contribution is 2.25. The van der Waals surface area contributed by atoms with Crippen molar-refractivity contribution in [1.82, 2.24) is 9.80 Å². The van der Waals surface area contributed by atoms with Gasteiger partial charge in [-0.15, -0.1) is 0 Å². The third kappa shape index (κ3) is 4.04. The van der Waals surface area contributed by atoms with E-state index in [1.165, 1.54) is 38.5 Å². The number of hydrogen-bond donors (Lipinski definition) is 0. The molecule has 3 rings (SSSR count). The average Bonchev–Trinajstić information content (AvgIpc) is 2.91. The fourth-order valence-corrected chi connectivity index (χ4v) is 3.00. The van der Waals surface area contributed by atoms with Crippen molar-refractivity contribution in [1.29, 1.82) is 0 Å². The van der Waals surface area contributed by atoms with Crippen LogP contribution in [-0.4, -0.2) is 55.6 Å². The normalized spacial score (nSPS) is 14.2. The number of hydrogen-bond acceptors (Lipinski definition) is 6. The maximum Gasteiger partial charge on any atom is 0.340 e. The van der Waals surface area contributed by atoms with Crippen molar-refractivity contribution in [2.75, 3.05) is 32.8 Å². The van der Waals surface area contributed by atoms with Gasteiger partial charge in [0.2, 0.25) is 0 Å². The summed E-state index contributed by atoms with van der Waals surface area (Å²) in [6, 6.07) is 9.99. The molecule has 2 aromatic carbocycles. The van der Waals surface area contributed by atoms with Crippen molar-refractivity contribution in [2.24, 2.45) is 0 Å². The topological polar surface area (TPSA) is 79.4 Å². The summed E-state index contributed by atoms with van der Waals surface area (Å²) < 4.78 is 23.8. The number of methoxy groups -OCH3 is 2. The second kappa shape index (κ2) is 8.27. The van der Waals surface area contributed by atoms with Crippen LogP contribution in [0.15, 0.2) is 42.5 Å². The molecule has 0 spiro atoms. The molecule has 9 heteroatoms. The Morgan fingerprint density at radius 3 is 2.24 bits per heavy atom. The predicted molar refractivity (Wildman–Crippen MR) is 102 cm³/mol. The Balaban J connectivity index is 1.71. The van der Waals surface area contributed by atoms with E-state index in [1.54, 1.807) is 30.1 Å². The minimum absolute atomic E-state index is 0.121. The summed E-state index contributed by atoms with van der Waals surface area (Å²) >= 11 is 0. The van der Waals surface area contributed by atoms with Gasteiger partial charge in [0.25, 0.3) is 0 Å². The van der Waals surface area contributed by atoms with Crippen molar-refractivity contribution in [3.63, 3.8) is 0 Å². The van der Waals surface area contributed by atoms with Gasteiger partial charge in [0.05, 0.1) is 26.6 Å². The van der Waals surface area contributed by atoms with E-state index in [0.29, 0.717) is 11.3 Å². The van der Waals surface area contributed by atoms with Gasteiger partial charge in [-0.1, -0.05) is 6.07 Å². The van der Waals surface area contributed by atoms with E-state index in [-0.39, 0.29) is 24.7 Å². The van der Waals surface area contributed by atoms with Gasteiger partial charge < -0.3 is 9.47 Å². The molecule has 1 aliphatic rings. The zero-order valence-corrected chi connectivity index (χ0v) is 16.2. The van der Waals surface area contributed by atoms with Gasteiger partial charge in [-0.05, 0) is 49.0 Å². The minimum Gasteiger partial charge on any atom is -0.497 e. The number of imide groups is 2. The lowest BCUT2D eigenvalue weighted by molar-refractivity contribution is -0.140. The molecule has 1 saturated heterocycles. The number of rotatable bonds is 7. The van der Waals surface area contributed by atoms with E-state index < -0.39 is 23.7 Å². The Labute approximate surface area is 167 Å². The van der Waals surface area contributed by atoms with Gasteiger partial charge in [0, 0.05) is 6.54 Å². The molecule has 2 aromatic rings. The molecule has 8 nitrogen and oxygen atoms in total. The average molecular weight is 401 g/mol. The Morgan fingerprint density at radius 2 is 1.66 bits per heavy atom. The van der Waals surface area contributed by atoms with Crippen LogP contribution in [0.4, 0.5) is 14.9 Å². The van der Waals surface area contributed by atoms with Crippen molar-refractivity contribution < 1.29 is 28.2 Å². The predicted octanol–water partition coefficient (Wildman–Crippen LogP) is 2.23. The lowest BCUT2D eigenvalue weighted by Crippen LogP contribution is -2.40. The maximum absolute atomic E-state index is 13.9. The standard InChI is InChI=1S/C20H20FN3O5/c1-22(11-13-4-9-17(29-3)16(21)10-13)12-23-18(25)19(26)24(20(23)27)14-5-7-15(28-2)8-6-14/h4-10H,11-12H2,1-3H3. The van der Waals surface area contributed by atoms with Crippen LogP contribution in [0.1, 0.15) is 5.56 Å². The molecular formula is C20H20FN3O5. The van der Waals surface area contributed by atoms with Crippen LogP contribution >= 0.6 is 0 Å². The molecule has 0 atom stereocenters. The first-order valence-electron chi connectivity index (χ1n) is 8.70. The summed E-state index contributed by atoms with van der Waals surface area (Å²) in [5.74, 6) is -1.67. The van der Waals surface area contributed by atoms with Crippen LogP contribution < -0.4 is 14.4 Å². The second-order valence-corrected chi connectivity index (χ2v) is 6.48. The van der Waals surface area contributed by atoms with Gasteiger partial charge in [0.15, 0.2) is 11.6 Å². The Kier molecular flexibility index (Phi) is 5.79.